The molecule has 0 bridgehead atoms. The molecule has 7 heteroatoms. The Hall–Kier alpha value is -1.35. The van der Waals surface area contributed by atoms with Crippen LogP contribution in [-0.2, 0) is 16.1 Å². The lowest BCUT2D eigenvalue weighted by atomic mass is 10.2. The number of rotatable bonds is 11. The van der Waals surface area contributed by atoms with Gasteiger partial charge in [0.25, 0.3) is 0 Å². The number of anilines is 1. The molecule has 0 unspecified atom stereocenters. The minimum atomic E-state index is -0.0289. The summed E-state index contributed by atoms with van der Waals surface area (Å²) in [5.41, 5.74) is 1.91. The maximum atomic E-state index is 11.7. The third-order valence-corrected chi connectivity index (χ3v) is 3.72. The highest BCUT2D eigenvalue weighted by Gasteiger charge is 2.06. The van der Waals surface area contributed by atoms with Crippen LogP contribution in [-0.4, -0.2) is 38.2 Å². The van der Waals surface area contributed by atoms with Crippen molar-refractivity contribution in [3.8, 4) is 0 Å². The van der Waals surface area contributed by atoms with Crippen molar-refractivity contribution in [3.63, 3.8) is 0 Å². The molecule has 0 spiro atoms. The molecule has 0 heterocycles. The molecule has 0 aromatic heterocycles. The Bertz CT molecular complexity index is 574. The SMILES string of the molecule is CCNC(=NCc1ccc(NC(=O)C(C)C)cc1)NCCCOCC(C)C.I. The Morgan fingerprint density at radius 2 is 1.79 bits per heavy atom. The van der Waals surface area contributed by atoms with Crippen molar-refractivity contribution in [2.24, 2.45) is 16.8 Å². The van der Waals surface area contributed by atoms with E-state index < -0.39 is 0 Å². The topological polar surface area (TPSA) is 74.8 Å². The molecule has 3 N–H and O–H groups in total. The minimum absolute atomic E-state index is 0. The van der Waals surface area contributed by atoms with E-state index in [2.05, 4.69) is 41.7 Å². The summed E-state index contributed by atoms with van der Waals surface area (Å²) in [6.45, 7) is 13.9. The van der Waals surface area contributed by atoms with Crippen LogP contribution in [0.5, 0.6) is 0 Å². The van der Waals surface area contributed by atoms with Crippen LogP contribution in [0.15, 0.2) is 29.3 Å². The fraction of sp³-hybridized carbons (Fsp3) is 0.619. The third kappa shape index (κ3) is 12.2. The molecule has 0 saturated heterocycles. The average Bonchev–Trinajstić information content (AvgIpc) is 2.63. The number of guanidine groups is 1. The summed E-state index contributed by atoms with van der Waals surface area (Å²) < 4.78 is 5.59. The molecule has 0 atom stereocenters. The smallest absolute Gasteiger partial charge is 0.226 e. The lowest BCUT2D eigenvalue weighted by molar-refractivity contribution is -0.118. The maximum Gasteiger partial charge on any atom is 0.226 e. The van der Waals surface area contributed by atoms with Crippen molar-refractivity contribution in [2.75, 3.05) is 31.6 Å². The summed E-state index contributed by atoms with van der Waals surface area (Å²) in [4.78, 5) is 16.3. The molecule has 28 heavy (non-hydrogen) atoms. The summed E-state index contributed by atoms with van der Waals surface area (Å²) in [5, 5.41) is 9.48. The molecule has 0 aliphatic heterocycles. The summed E-state index contributed by atoms with van der Waals surface area (Å²) in [5.74, 6) is 1.37. The first kappa shape index (κ1) is 26.6. The zero-order valence-electron chi connectivity index (χ0n) is 17.9. The van der Waals surface area contributed by atoms with Crippen LogP contribution in [0, 0.1) is 11.8 Å². The molecular formula is C21H37IN4O2. The van der Waals surface area contributed by atoms with Gasteiger partial charge in [-0.15, -0.1) is 24.0 Å². The van der Waals surface area contributed by atoms with Gasteiger partial charge in [0.05, 0.1) is 6.54 Å². The third-order valence-electron chi connectivity index (χ3n) is 3.72. The number of ether oxygens (including phenoxy) is 1. The van der Waals surface area contributed by atoms with E-state index in [1.165, 1.54) is 0 Å². The highest BCUT2D eigenvalue weighted by molar-refractivity contribution is 14.0. The van der Waals surface area contributed by atoms with Gasteiger partial charge < -0.3 is 20.7 Å². The second kappa shape index (κ2) is 15.6. The second-order valence-electron chi connectivity index (χ2n) is 7.29. The van der Waals surface area contributed by atoms with Crippen molar-refractivity contribution < 1.29 is 9.53 Å². The normalized spacial score (nSPS) is 11.3. The molecule has 1 amide bonds. The van der Waals surface area contributed by atoms with E-state index in [0.29, 0.717) is 12.5 Å². The zero-order chi connectivity index (χ0) is 20.1. The average molecular weight is 504 g/mol. The van der Waals surface area contributed by atoms with Crippen LogP contribution < -0.4 is 16.0 Å². The van der Waals surface area contributed by atoms with Crippen molar-refractivity contribution in [1.82, 2.24) is 10.6 Å². The number of amides is 1. The Labute approximate surface area is 187 Å². The van der Waals surface area contributed by atoms with Gasteiger partial charge in [-0.1, -0.05) is 39.8 Å². The second-order valence-corrected chi connectivity index (χ2v) is 7.29. The van der Waals surface area contributed by atoms with E-state index >= 15 is 0 Å². The van der Waals surface area contributed by atoms with Crippen LogP contribution in [0.25, 0.3) is 0 Å². The van der Waals surface area contributed by atoms with Gasteiger partial charge >= 0.3 is 0 Å². The number of halogens is 1. The Balaban J connectivity index is 0.00000729. The summed E-state index contributed by atoms with van der Waals surface area (Å²) in [6, 6.07) is 7.81. The number of benzene rings is 1. The molecule has 1 aromatic rings. The first-order valence-electron chi connectivity index (χ1n) is 9.92. The van der Waals surface area contributed by atoms with E-state index in [-0.39, 0.29) is 35.8 Å². The van der Waals surface area contributed by atoms with Crippen molar-refractivity contribution >= 4 is 41.5 Å². The fourth-order valence-corrected chi connectivity index (χ4v) is 2.19. The number of nitrogens with one attached hydrogen (secondary N) is 3. The monoisotopic (exact) mass is 504 g/mol. The zero-order valence-corrected chi connectivity index (χ0v) is 20.2. The molecular weight excluding hydrogens is 467 g/mol. The number of aliphatic imine (C=N–C) groups is 1. The van der Waals surface area contributed by atoms with Gasteiger partial charge in [-0.2, -0.15) is 0 Å². The van der Waals surface area contributed by atoms with Crippen LogP contribution in [0.1, 0.15) is 46.6 Å². The van der Waals surface area contributed by atoms with Crippen molar-refractivity contribution in [2.45, 2.75) is 47.6 Å². The number of nitrogens with zero attached hydrogens (tertiary/aromatic N) is 1. The van der Waals surface area contributed by atoms with Crippen LogP contribution >= 0.6 is 24.0 Å². The van der Waals surface area contributed by atoms with Gasteiger partial charge in [0, 0.05) is 37.9 Å². The fourth-order valence-electron chi connectivity index (χ4n) is 2.19. The van der Waals surface area contributed by atoms with E-state index in [0.717, 1.165) is 49.9 Å². The van der Waals surface area contributed by atoms with Crippen molar-refractivity contribution in [3.05, 3.63) is 29.8 Å². The van der Waals surface area contributed by atoms with Gasteiger partial charge in [0.1, 0.15) is 0 Å². The van der Waals surface area contributed by atoms with Gasteiger partial charge in [-0.3, -0.25) is 4.79 Å². The molecule has 6 nitrogen and oxygen atoms in total. The van der Waals surface area contributed by atoms with Crippen molar-refractivity contribution in [1.29, 1.82) is 0 Å². The standard InChI is InChI=1S/C21H36N4O2.HI/c1-6-22-21(23-12-7-13-27-15-16(2)3)24-14-18-8-10-19(11-9-18)25-20(26)17(4)5;/h8-11,16-17H,6-7,12-15H2,1-5H3,(H,25,26)(H2,22,23,24);1H. The van der Waals surface area contributed by atoms with Crippen LogP contribution in [0.2, 0.25) is 0 Å². The molecule has 0 radical (unpaired) electrons. The number of carbonyl (C=O) groups is 1. The predicted molar refractivity (Wildman–Crippen MR) is 128 cm³/mol. The predicted octanol–water partition coefficient (Wildman–Crippen LogP) is 4.02. The van der Waals surface area contributed by atoms with E-state index in [9.17, 15) is 4.79 Å². The molecule has 1 rings (SSSR count). The Kier molecular flexibility index (Phi) is 14.8. The maximum absolute atomic E-state index is 11.7. The highest BCUT2D eigenvalue weighted by atomic mass is 127. The highest BCUT2D eigenvalue weighted by Crippen LogP contribution is 2.11. The Morgan fingerprint density at radius 3 is 2.36 bits per heavy atom. The lowest BCUT2D eigenvalue weighted by Crippen LogP contribution is -2.38. The van der Waals surface area contributed by atoms with Crippen LogP contribution in [0.3, 0.4) is 0 Å². The first-order valence-corrected chi connectivity index (χ1v) is 9.92. The lowest BCUT2D eigenvalue weighted by Gasteiger charge is -2.12. The summed E-state index contributed by atoms with van der Waals surface area (Å²) in [6.07, 6.45) is 0.946. The van der Waals surface area contributed by atoms with Gasteiger partial charge in [0.15, 0.2) is 5.96 Å². The summed E-state index contributed by atoms with van der Waals surface area (Å²) >= 11 is 0. The van der Waals surface area contributed by atoms with E-state index in [1.807, 2.05) is 38.1 Å². The number of hydrogen-bond donors (Lipinski definition) is 3. The van der Waals surface area contributed by atoms with E-state index in [4.69, 9.17) is 4.74 Å². The number of carbonyl (C=O) groups excluding carboxylic acids is 1. The number of hydrogen-bond acceptors (Lipinski definition) is 3. The van der Waals surface area contributed by atoms with Gasteiger partial charge in [0.2, 0.25) is 5.91 Å². The van der Waals surface area contributed by atoms with Gasteiger partial charge in [-0.25, -0.2) is 4.99 Å². The molecule has 0 fully saturated rings. The van der Waals surface area contributed by atoms with Gasteiger partial charge in [-0.05, 0) is 37.0 Å². The largest absolute Gasteiger partial charge is 0.381 e. The molecule has 0 aliphatic rings. The Morgan fingerprint density at radius 1 is 1.11 bits per heavy atom. The molecule has 1 aromatic carbocycles. The van der Waals surface area contributed by atoms with Crippen LogP contribution in [0.4, 0.5) is 5.69 Å². The minimum Gasteiger partial charge on any atom is -0.381 e. The molecule has 0 aliphatic carbocycles. The first-order chi connectivity index (χ1) is 12.9. The summed E-state index contributed by atoms with van der Waals surface area (Å²) in [7, 11) is 0. The molecule has 0 saturated carbocycles. The van der Waals surface area contributed by atoms with E-state index in [1.54, 1.807) is 0 Å². The quantitative estimate of drug-likeness (QED) is 0.184. The molecule has 160 valence electrons.